The molecule has 6 heteroatoms. The summed E-state index contributed by atoms with van der Waals surface area (Å²) in [6.07, 6.45) is 2.39. The Hall–Kier alpha value is -0.620. The van der Waals surface area contributed by atoms with Gasteiger partial charge in [0.05, 0.1) is 11.7 Å². The number of amides is 1. The van der Waals surface area contributed by atoms with Crippen LogP contribution < -0.4 is 0 Å². The summed E-state index contributed by atoms with van der Waals surface area (Å²) in [5, 5.41) is 0. The van der Waals surface area contributed by atoms with Crippen LogP contribution in [0.15, 0.2) is 0 Å². The lowest BCUT2D eigenvalue weighted by molar-refractivity contribution is -0.150. The minimum absolute atomic E-state index is 0.105. The van der Waals surface area contributed by atoms with Gasteiger partial charge in [-0.2, -0.15) is 0 Å². The fourth-order valence-electron chi connectivity index (χ4n) is 2.91. The van der Waals surface area contributed by atoms with Crippen molar-refractivity contribution in [3.63, 3.8) is 0 Å². The van der Waals surface area contributed by atoms with Crippen LogP contribution >= 0.6 is 0 Å². The third-order valence-electron chi connectivity index (χ3n) is 4.30. The number of nitrogens with zero attached hydrogens (tertiary/aromatic N) is 2. The van der Waals surface area contributed by atoms with Gasteiger partial charge >= 0.3 is 0 Å². The second kappa shape index (κ2) is 5.05. The number of carbonyl (C=O) groups is 1. The summed E-state index contributed by atoms with van der Waals surface area (Å²) >= 11 is 0. The smallest absolute Gasteiger partial charge is 0.228 e. The minimum atomic E-state index is -3.16. The molecule has 0 atom stereocenters. The Kier molecular flexibility index (Phi) is 4.37. The van der Waals surface area contributed by atoms with E-state index >= 15 is 0 Å². The summed E-state index contributed by atoms with van der Waals surface area (Å²) in [4.78, 5) is 14.2. The van der Waals surface area contributed by atoms with Crippen molar-refractivity contribution in [2.24, 2.45) is 10.8 Å². The van der Waals surface area contributed by atoms with Gasteiger partial charge in [0, 0.05) is 27.2 Å². The number of carbonyl (C=O) groups excluding carboxylic acids is 1. The molecule has 1 saturated heterocycles. The molecule has 0 unspecified atom stereocenters. The van der Waals surface area contributed by atoms with Gasteiger partial charge in [0.1, 0.15) is 0 Å². The highest BCUT2D eigenvalue weighted by molar-refractivity contribution is 7.88. The van der Waals surface area contributed by atoms with Gasteiger partial charge < -0.3 is 4.90 Å². The van der Waals surface area contributed by atoms with Crippen molar-refractivity contribution >= 4 is 15.9 Å². The van der Waals surface area contributed by atoms with E-state index in [2.05, 4.69) is 20.8 Å². The largest absolute Gasteiger partial charge is 0.348 e. The quantitative estimate of drug-likeness (QED) is 0.767. The highest BCUT2D eigenvalue weighted by Crippen LogP contribution is 2.48. The van der Waals surface area contributed by atoms with E-state index in [1.54, 1.807) is 19.0 Å². The zero-order valence-electron chi connectivity index (χ0n) is 12.9. The van der Waals surface area contributed by atoms with Crippen molar-refractivity contribution in [3.05, 3.63) is 0 Å². The highest BCUT2D eigenvalue weighted by Gasteiger charge is 2.51. The predicted octanol–water partition coefficient (Wildman–Crippen LogP) is 1.16. The van der Waals surface area contributed by atoms with Gasteiger partial charge in [-0.25, -0.2) is 12.7 Å². The molecule has 5 nitrogen and oxygen atoms in total. The lowest BCUT2D eigenvalue weighted by atomic mass is 9.61. The first-order valence-corrected chi connectivity index (χ1v) is 8.43. The maximum absolute atomic E-state index is 12.6. The first-order valence-electron chi connectivity index (χ1n) is 6.59. The SMILES string of the molecule is CN(C)C(=O)C1(C(C)(C)C)CCN(S(C)(=O)=O)CC1. The highest BCUT2D eigenvalue weighted by atomic mass is 32.2. The van der Waals surface area contributed by atoms with Crippen LogP contribution in [0, 0.1) is 10.8 Å². The van der Waals surface area contributed by atoms with Gasteiger partial charge in [-0.1, -0.05) is 20.8 Å². The molecule has 1 fully saturated rings. The van der Waals surface area contributed by atoms with Crippen LogP contribution in [0.2, 0.25) is 0 Å². The Bertz CT molecular complexity index is 441. The van der Waals surface area contributed by atoms with Gasteiger partial charge in [0.15, 0.2) is 0 Å². The predicted molar refractivity (Wildman–Crippen MR) is 76.2 cm³/mol. The van der Waals surface area contributed by atoms with Crippen LogP contribution in [-0.2, 0) is 14.8 Å². The van der Waals surface area contributed by atoms with Crippen LogP contribution in [0.4, 0.5) is 0 Å². The topological polar surface area (TPSA) is 57.7 Å². The molecule has 0 aliphatic carbocycles. The van der Waals surface area contributed by atoms with Gasteiger partial charge in [-0.15, -0.1) is 0 Å². The molecule has 0 aromatic rings. The van der Waals surface area contributed by atoms with Crippen LogP contribution in [0.3, 0.4) is 0 Å². The van der Waals surface area contributed by atoms with Crippen LogP contribution in [0.25, 0.3) is 0 Å². The maximum atomic E-state index is 12.6. The Morgan fingerprint density at radius 1 is 1.16 bits per heavy atom. The van der Waals surface area contributed by atoms with Crippen LogP contribution in [0.5, 0.6) is 0 Å². The van der Waals surface area contributed by atoms with Crippen molar-refractivity contribution in [3.8, 4) is 0 Å². The molecule has 1 aliphatic rings. The summed E-state index contributed by atoms with van der Waals surface area (Å²) in [5.41, 5.74) is -0.657. The van der Waals surface area contributed by atoms with E-state index in [9.17, 15) is 13.2 Å². The number of piperidine rings is 1. The fourth-order valence-corrected chi connectivity index (χ4v) is 3.76. The van der Waals surface area contributed by atoms with E-state index in [0.29, 0.717) is 25.9 Å². The molecule has 19 heavy (non-hydrogen) atoms. The number of sulfonamides is 1. The zero-order chi connectivity index (χ0) is 15.1. The van der Waals surface area contributed by atoms with E-state index in [1.807, 2.05) is 0 Å². The third-order valence-corrected chi connectivity index (χ3v) is 5.60. The standard InChI is InChI=1S/C13H26N2O3S/c1-12(2,3)13(11(16)14(4)5)7-9-15(10-8-13)19(6,17)18/h7-10H2,1-6H3. The van der Waals surface area contributed by atoms with Crippen LogP contribution in [0.1, 0.15) is 33.6 Å². The van der Waals surface area contributed by atoms with Gasteiger partial charge in [-0.3, -0.25) is 4.79 Å². The number of hydrogen-bond donors (Lipinski definition) is 0. The van der Waals surface area contributed by atoms with E-state index in [0.717, 1.165) is 0 Å². The molecule has 112 valence electrons. The molecule has 1 aliphatic heterocycles. The molecule has 0 spiro atoms. The van der Waals surface area contributed by atoms with Crippen molar-refractivity contribution in [1.29, 1.82) is 0 Å². The summed E-state index contributed by atoms with van der Waals surface area (Å²) in [6.45, 7) is 7.03. The monoisotopic (exact) mass is 290 g/mol. The number of hydrogen-bond acceptors (Lipinski definition) is 3. The maximum Gasteiger partial charge on any atom is 0.228 e. The second-order valence-corrected chi connectivity index (χ2v) is 8.68. The number of rotatable bonds is 2. The summed E-state index contributed by atoms with van der Waals surface area (Å²) in [6, 6.07) is 0. The summed E-state index contributed by atoms with van der Waals surface area (Å²) in [5.74, 6) is 0.105. The van der Waals surface area contributed by atoms with Crippen molar-refractivity contribution in [2.75, 3.05) is 33.4 Å². The van der Waals surface area contributed by atoms with E-state index in [-0.39, 0.29) is 11.3 Å². The molecule has 0 radical (unpaired) electrons. The molecule has 1 heterocycles. The molecule has 0 N–H and O–H groups in total. The van der Waals surface area contributed by atoms with Gasteiger partial charge in [-0.05, 0) is 18.3 Å². The molecule has 0 aromatic carbocycles. The van der Waals surface area contributed by atoms with E-state index < -0.39 is 15.4 Å². The van der Waals surface area contributed by atoms with Gasteiger partial charge in [0.25, 0.3) is 0 Å². The summed E-state index contributed by atoms with van der Waals surface area (Å²) < 4.78 is 24.6. The Labute approximate surface area is 117 Å². The average Bonchev–Trinajstić information content (AvgIpc) is 2.25. The Morgan fingerprint density at radius 3 is 1.84 bits per heavy atom. The van der Waals surface area contributed by atoms with Crippen LogP contribution in [-0.4, -0.2) is 57.0 Å². The molecule has 1 rings (SSSR count). The van der Waals surface area contributed by atoms with Crippen molar-refractivity contribution in [1.82, 2.24) is 9.21 Å². The minimum Gasteiger partial charge on any atom is -0.348 e. The molecular formula is C13H26N2O3S. The lowest BCUT2D eigenvalue weighted by Gasteiger charge is -2.49. The fraction of sp³-hybridized carbons (Fsp3) is 0.923. The normalized spacial score (nSPS) is 21.2. The third kappa shape index (κ3) is 3.11. The van der Waals surface area contributed by atoms with E-state index in [1.165, 1.54) is 10.6 Å². The average molecular weight is 290 g/mol. The molecular weight excluding hydrogens is 264 g/mol. The van der Waals surface area contributed by atoms with Gasteiger partial charge in [0.2, 0.25) is 15.9 Å². The molecule has 0 aromatic heterocycles. The molecule has 1 amide bonds. The Balaban J connectivity index is 3.04. The lowest BCUT2D eigenvalue weighted by Crippen LogP contribution is -2.55. The Morgan fingerprint density at radius 2 is 1.58 bits per heavy atom. The van der Waals surface area contributed by atoms with Crippen molar-refractivity contribution in [2.45, 2.75) is 33.6 Å². The zero-order valence-corrected chi connectivity index (χ0v) is 13.7. The first kappa shape index (κ1) is 16.4. The van der Waals surface area contributed by atoms with Crippen molar-refractivity contribution < 1.29 is 13.2 Å². The molecule has 0 bridgehead atoms. The first-order chi connectivity index (χ1) is 8.42. The summed E-state index contributed by atoms with van der Waals surface area (Å²) in [7, 11) is 0.366. The molecule has 0 saturated carbocycles. The second-order valence-electron chi connectivity index (χ2n) is 6.69. The van der Waals surface area contributed by atoms with E-state index in [4.69, 9.17) is 0 Å².